The molecule has 1 N–H and O–H groups in total. The van der Waals surface area contributed by atoms with Crippen LogP contribution in [0.5, 0.6) is 0 Å². The fraction of sp³-hybridized carbons (Fsp3) is 0. The first-order valence-corrected chi connectivity index (χ1v) is 6.53. The van der Waals surface area contributed by atoms with Gasteiger partial charge in [-0.2, -0.15) is 0 Å². The van der Waals surface area contributed by atoms with Gasteiger partial charge in [0.15, 0.2) is 0 Å². The van der Waals surface area contributed by atoms with Crippen LogP contribution >= 0.6 is 0 Å². The van der Waals surface area contributed by atoms with Crippen molar-refractivity contribution in [2.45, 2.75) is 0 Å². The molecule has 114 valence electrons. The number of carbonyl (C=O) groups excluding carboxylic acids is 1. The van der Waals surface area contributed by atoms with Crippen molar-refractivity contribution in [3.8, 4) is 5.69 Å². The number of nitrogens with one attached hydrogen (secondary N) is 1. The smallest absolute Gasteiger partial charge is 0.270 e. The van der Waals surface area contributed by atoms with E-state index in [-0.39, 0.29) is 11.3 Å². The molecule has 1 heterocycles. The van der Waals surface area contributed by atoms with Gasteiger partial charge in [0, 0.05) is 23.4 Å². The summed E-state index contributed by atoms with van der Waals surface area (Å²) >= 11 is 0. The lowest BCUT2D eigenvalue weighted by Crippen LogP contribution is -2.12. The van der Waals surface area contributed by atoms with Crippen LogP contribution in [-0.4, -0.2) is 31.0 Å². The Balaban J connectivity index is 1.82. The van der Waals surface area contributed by atoms with Gasteiger partial charge in [0.05, 0.1) is 10.6 Å². The number of non-ortho nitro benzene ring substituents is 1. The van der Waals surface area contributed by atoms with E-state index in [0.29, 0.717) is 11.4 Å². The maximum atomic E-state index is 12.2. The fourth-order valence-electron chi connectivity index (χ4n) is 1.97. The van der Waals surface area contributed by atoms with E-state index in [4.69, 9.17) is 0 Å². The van der Waals surface area contributed by atoms with Crippen LogP contribution < -0.4 is 5.32 Å². The molecule has 3 aromatic rings. The van der Waals surface area contributed by atoms with Gasteiger partial charge in [-0.1, -0.05) is 12.1 Å². The first kappa shape index (κ1) is 14.3. The van der Waals surface area contributed by atoms with E-state index < -0.39 is 10.8 Å². The summed E-state index contributed by atoms with van der Waals surface area (Å²) in [5.74, 6) is -0.442. The van der Waals surface area contributed by atoms with E-state index in [2.05, 4.69) is 20.8 Å². The molecule has 9 nitrogen and oxygen atoms in total. The van der Waals surface area contributed by atoms with Crippen LogP contribution in [0, 0.1) is 10.1 Å². The van der Waals surface area contributed by atoms with Gasteiger partial charge in [0.25, 0.3) is 11.6 Å². The first-order valence-electron chi connectivity index (χ1n) is 6.53. The monoisotopic (exact) mass is 310 g/mol. The normalized spacial score (nSPS) is 10.3. The zero-order valence-electron chi connectivity index (χ0n) is 11.7. The van der Waals surface area contributed by atoms with Crippen LogP contribution in [0.15, 0.2) is 54.9 Å². The molecule has 0 fully saturated rings. The summed E-state index contributed by atoms with van der Waals surface area (Å²) in [5, 5.41) is 24.3. The third-order valence-corrected chi connectivity index (χ3v) is 3.04. The van der Waals surface area contributed by atoms with Gasteiger partial charge < -0.3 is 5.32 Å². The number of hydrogen-bond donors (Lipinski definition) is 1. The van der Waals surface area contributed by atoms with Crippen LogP contribution in [0.25, 0.3) is 5.69 Å². The molecule has 0 saturated heterocycles. The summed E-state index contributed by atoms with van der Waals surface area (Å²) in [6.45, 7) is 0. The first-order chi connectivity index (χ1) is 11.1. The standard InChI is InChI=1S/C14H10N6O3/c21-14(10-3-1-6-13(7-10)20(22)23)16-11-4-2-5-12(8-11)19-9-15-17-18-19/h1-9H,(H,16,21). The molecule has 9 heteroatoms. The molecule has 0 saturated carbocycles. The summed E-state index contributed by atoms with van der Waals surface area (Å²) < 4.78 is 1.45. The van der Waals surface area contributed by atoms with E-state index in [9.17, 15) is 14.9 Å². The molecule has 0 aliphatic carbocycles. The Morgan fingerprint density at radius 3 is 2.74 bits per heavy atom. The largest absolute Gasteiger partial charge is 0.322 e. The van der Waals surface area contributed by atoms with Crippen molar-refractivity contribution in [1.29, 1.82) is 0 Å². The highest BCUT2D eigenvalue weighted by Crippen LogP contribution is 2.17. The molecular formula is C14H10N6O3. The SMILES string of the molecule is O=C(Nc1cccc(-n2cnnn2)c1)c1cccc([N+](=O)[O-])c1. The number of rotatable bonds is 4. The summed E-state index contributed by atoms with van der Waals surface area (Å²) in [6, 6.07) is 12.4. The molecule has 0 unspecified atom stereocenters. The lowest BCUT2D eigenvalue weighted by atomic mass is 10.2. The van der Waals surface area contributed by atoms with E-state index in [1.54, 1.807) is 24.3 Å². The minimum absolute atomic E-state index is 0.139. The lowest BCUT2D eigenvalue weighted by Gasteiger charge is -2.07. The van der Waals surface area contributed by atoms with Crippen molar-refractivity contribution >= 4 is 17.3 Å². The quantitative estimate of drug-likeness (QED) is 0.580. The van der Waals surface area contributed by atoms with Gasteiger partial charge >= 0.3 is 0 Å². The van der Waals surface area contributed by atoms with Crippen molar-refractivity contribution in [3.05, 3.63) is 70.5 Å². The van der Waals surface area contributed by atoms with Crippen molar-refractivity contribution in [3.63, 3.8) is 0 Å². The van der Waals surface area contributed by atoms with Gasteiger partial charge in [0.2, 0.25) is 0 Å². The molecule has 0 aliphatic rings. The van der Waals surface area contributed by atoms with E-state index in [1.165, 1.54) is 35.3 Å². The molecule has 0 spiro atoms. The summed E-state index contributed by atoms with van der Waals surface area (Å²) in [5.41, 5.74) is 1.26. The lowest BCUT2D eigenvalue weighted by molar-refractivity contribution is -0.384. The van der Waals surface area contributed by atoms with E-state index in [0.717, 1.165) is 0 Å². The molecule has 0 aliphatic heterocycles. The Morgan fingerprint density at radius 2 is 2.00 bits per heavy atom. The highest BCUT2D eigenvalue weighted by atomic mass is 16.6. The molecule has 0 bridgehead atoms. The van der Waals surface area contributed by atoms with Gasteiger partial charge in [-0.3, -0.25) is 14.9 Å². The Morgan fingerprint density at radius 1 is 1.17 bits per heavy atom. The number of tetrazole rings is 1. The van der Waals surface area contributed by atoms with Crippen molar-refractivity contribution in [2.75, 3.05) is 5.32 Å². The zero-order chi connectivity index (χ0) is 16.2. The summed E-state index contributed by atoms with van der Waals surface area (Å²) in [6.07, 6.45) is 1.43. The van der Waals surface area contributed by atoms with Gasteiger partial charge in [-0.25, -0.2) is 4.68 Å². The number of amides is 1. The fourth-order valence-corrected chi connectivity index (χ4v) is 1.97. The molecule has 0 atom stereocenters. The van der Waals surface area contributed by atoms with Crippen LogP contribution in [-0.2, 0) is 0 Å². The predicted octanol–water partition coefficient (Wildman–Crippen LogP) is 1.82. The third kappa shape index (κ3) is 3.18. The van der Waals surface area contributed by atoms with Crippen LogP contribution in [0.1, 0.15) is 10.4 Å². The molecule has 1 amide bonds. The second-order valence-electron chi connectivity index (χ2n) is 4.57. The highest BCUT2D eigenvalue weighted by molar-refractivity contribution is 6.04. The number of aromatic nitrogens is 4. The predicted molar refractivity (Wildman–Crippen MR) is 80.2 cm³/mol. The number of carbonyl (C=O) groups is 1. The van der Waals surface area contributed by atoms with E-state index >= 15 is 0 Å². The van der Waals surface area contributed by atoms with Crippen molar-refractivity contribution in [1.82, 2.24) is 20.2 Å². The van der Waals surface area contributed by atoms with Gasteiger partial charge in [0.1, 0.15) is 6.33 Å². The van der Waals surface area contributed by atoms with Crippen molar-refractivity contribution < 1.29 is 9.72 Å². The second-order valence-corrected chi connectivity index (χ2v) is 4.57. The molecular weight excluding hydrogens is 300 g/mol. The molecule has 1 aromatic heterocycles. The van der Waals surface area contributed by atoms with Gasteiger partial charge in [-0.05, 0) is 34.7 Å². The molecule has 2 aromatic carbocycles. The average Bonchev–Trinajstić information content (AvgIpc) is 3.10. The Hall–Kier alpha value is -3.62. The number of nitro benzene ring substituents is 1. The zero-order valence-corrected chi connectivity index (χ0v) is 11.7. The number of benzene rings is 2. The average molecular weight is 310 g/mol. The Kier molecular flexibility index (Phi) is 3.75. The summed E-state index contributed by atoms with van der Waals surface area (Å²) in [4.78, 5) is 22.4. The number of nitrogens with zero attached hydrogens (tertiary/aromatic N) is 5. The number of hydrogen-bond acceptors (Lipinski definition) is 6. The van der Waals surface area contributed by atoms with Crippen LogP contribution in [0.2, 0.25) is 0 Å². The number of anilines is 1. The van der Waals surface area contributed by atoms with E-state index in [1.807, 2.05) is 0 Å². The third-order valence-electron chi connectivity index (χ3n) is 3.04. The van der Waals surface area contributed by atoms with Gasteiger partial charge in [-0.15, -0.1) is 5.10 Å². The Bertz CT molecular complexity index is 862. The van der Waals surface area contributed by atoms with Crippen molar-refractivity contribution in [2.24, 2.45) is 0 Å². The molecule has 3 rings (SSSR count). The Labute approximate surface area is 129 Å². The highest BCUT2D eigenvalue weighted by Gasteiger charge is 2.12. The second kappa shape index (κ2) is 6.02. The maximum absolute atomic E-state index is 12.2. The maximum Gasteiger partial charge on any atom is 0.270 e. The summed E-state index contributed by atoms with van der Waals surface area (Å²) in [7, 11) is 0. The minimum atomic E-state index is -0.547. The van der Waals surface area contributed by atoms with Crippen LogP contribution in [0.3, 0.4) is 0 Å². The van der Waals surface area contributed by atoms with Crippen LogP contribution in [0.4, 0.5) is 11.4 Å². The minimum Gasteiger partial charge on any atom is -0.322 e. The topological polar surface area (TPSA) is 116 Å². The number of nitro groups is 1. The molecule has 0 radical (unpaired) electrons. The molecule has 23 heavy (non-hydrogen) atoms.